The van der Waals surface area contributed by atoms with Crippen LogP contribution in [0.15, 0.2) is 0 Å². The highest BCUT2D eigenvalue weighted by atomic mass is 32.1. The van der Waals surface area contributed by atoms with Crippen LogP contribution in [0.4, 0.5) is 0 Å². The zero-order valence-electron chi connectivity index (χ0n) is 12.0. The standard InChI is InChI=1S/C15H26N2S/c1-11(2)16-10-14-12(3)17-15(18-14)13-8-6-4-5-7-9-13/h11,13,16H,4-10H2,1-3H3. The molecule has 1 aromatic heterocycles. The Morgan fingerprint density at radius 2 is 1.89 bits per heavy atom. The van der Waals surface area contributed by atoms with Crippen LogP contribution >= 0.6 is 11.3 Å². The molecule has 1 aromatic rings. The summed E-state index contributed by atoms with van der Waals surface area (Å²) < 4.78 is 0. The molecule has 1 N–H and O–H groups in total. The van der Waals surface area contributed by atoms with Crippen LogP contribution < -0.4 is 5.32 Å². The Hall–Kier alpha value is -0.410. The zero-order chi connectivity index (χ0) is 13.0. The van der Waals surface area contributed by atoms with Gasteiger partial charge in [-0.25, -0.2) is 4.98 Å². The predicted octanol–water partition coefficient (Wildman–Crippen LogP) is 4.39. The number of thiazole rings is 1. The Kier molecular flexibility index (Phi) is 5.19. The minimum Gasteiger partial charge on any atom is -0.310 e. The van der Waals surface area contributed by atoms with Crippen LogP contribution in [0, 0.1) is 6.92 Å². The van der Waals surface area contributed by atoms with E-state index < -0.39 is 0 Å². The third-order valence-electron chi connectivity index (χ3n) is 3.78. The summed E-state index contributed by atoms with van der Waals surface area (Å²) in [4.78, 5) is 6.27. The number of hydrogen-bond donors (Lipinski definition) is 1. The summed E-state index contributed by atoms with van der Waals surface area (Å²) in [6, 6.07) is 0.549. The fraction of sp³-hybridized carbons (Fsp3) is 0.800. The van der Waals surface area contributed by atoms with Gasteiger partial charge < -0.3 is 5.32 Å². The van der Waals surface area contributed by atoms with Gasteiger partial charge >= 0.3 is 0 Å². The van der Waals surface area contributed by atoms with Crippen LogP contribution in [0.25, 0.3) is 0 Å². The van der Waals surface area contributed by atoms with Gasteiger partial charge in [-0.15, -0.1) is 11.3 Å². The van der Waals surface area contributed by atoms with Crippen molar-refractivity contribution in [1.29, 1.82) is 0 Å². The molecule has 0 amide bonds. The molecule has 1 aliphatic carbocycles. The molecule has 0 aromatic carbocycles. The molecule has 0 aliphatic heterocycles. The highest BCUT2D eigenvalue weighted by molar-refractivity contribution is 7.11. The van der Waals surface area contributed by atoms with Crippen molar-refractivity contribution >= 4 is 11.3 Å². The Morgan fingerprint density at radius 3 is 2.50 bits per heavy atom. The van der Waals surface area contributed by atoms with Gasteiger partial charge in [0.25, 0.3) is 0 Å². The second-order valence-electron chi connectivity index (χ2n) is 5.78. The van der Waals surface area contributed by atoms with Gasteiger partial charge in [-0.05, 0) is 19.8 Å². The van der Waals surface area contributed by atoms with Gasteiger partial charge in [-0.2, -0.15) is 0 Å². The molecule has 0 bridgehead atoms. The van der Waals surface area contributed by atoms with Crippen molar-refractivity contribution in [2.24, 2.45) is 0 Å². The molecule has 0 radical (unpaired) electrons. The van der Waals surface area contributed by atoms with Crippen molar-refractivity contribution < 1.29 is 0 Å². The van der Waals surface area contributed by atoms with Crippen molar-refractivity contribution in [3.63, 3.8) is 0 Å². The zero-order valence-corrected chi connectivity index (χ0v) is 12.8. The first-order chi connectivity index (χ1) is 8.66. The number of nitrogens with zero attached hydrogens (tertiary/aromatic N) is 1. The first kappa shape index (κ1) is 14.0. The maximum absolute atomic E-state index is 4.83. The molecule has 18 heavy (non-hydrogen) atoms. The summed E-state index contributed by atoms with van der Waals surface area (Å²) in [6.07, 6.45) is 8.32. The van der Waals surface area contributed by atoms with Crippen LogP contribution in [-0.4, -0.2) is 11.0 Å². The maximum atomic E-state index is 4.83. The van der Waals surface area contributed by atoms with E-state index in [2.05, 4.69) is 26.1 Å². The van der Waals surface area contributed by atoms with E-state index in [0.29, 0.717) is 6.04 Å². The molecule has 0 unspecified atom stereocenters. The van der Waals surface area contributed by atoms with E-state index in [1.165, 1.54) is 54.1 Å². The molecule has 1 saturated carbocycles. The van der Waals surface area contributed by atoms with Crippen LogP contribution in [0.3, 0.4) is 0 Å². The molecule has 2 nitrogen and oxygen atoms in total. The lowest BCUT2D eigenvalue weighted by molar-refractivity contribution is 0.587. The highest BCUT2D eigenvalue weighted by Crippen LogP contribution is 2.34. The van der Waals surface area contributed by atoms with E-state index >= 15 is 0 Å². The van der Waals surface area contributed by atoms with Crippen LogP contribution in [0.2, 0.25) is 0 Å². The summed E-state index contributed by atoms with van der Waals surface area (Å²) in [5, 5.41) is 4.90. The van der Waals surface area contributed by atoms with Crippen molar-refractivity contribution in [3.8, 4) is 0 Å². The molecule has 102 valence electrons. The molecule has 0 atom stereocenters. The van der Waals surface area contributed by atoms with Gasteiger partial charge in [0.1, 0.15) is 0 Å². The van der Waals surface area contributed by atoms with Gasteiger partial charge in [-0.3, -0.25) is 0 Å². The predicted molar refractivity (Wildman–Crippen MR) is 79.3 cm³/mol. The maximum Gasteiger partial charge on any atom is 0.0962 e. The number of aromatic nitrogens is 1. The second kappa shape index (κ2) is 6.67. The lowest BCUT2D eigenvalue weighted by Crippen LogP contribution is -2.21. The van der Waals surface area contributed by atoms with Crippen LogP contribution in [0.1, 0.15) is 73.9 Å². The SMILES string of the molecule is Cc1nc(C2CCCCCC2)sc1CNC(C)C. The highest BCUT2D eigenvalue weighted by Gasteiger charge is 2.19. The molecule has 2 rings (SSSR count). The second-order valence-corrected chi connectivity index (χ2v) is 6.90. The summed E-state index contributed by atoms with van der Waals surface area (Å²) >= 11 is 1.94. The first-order valence-electron chi connectivity index (χ1n) is 7.36. The van der Waals surface area contributed by atoms with Gasteiger partial charge in [0.15, 0.2) is 0 Å². The van der Waals surface area contributed by atoms with Crippen molar-refractivity contribution in [1.82, 2.24) is 10.3 Å². The monoisotopic (exact) mass is 266 g/mol. The fourth-order valence-electron chi connectivity index (χ4n) is 2.61. The van der Waals surface area contributed by atoms with E-state index in [1.54, 1.807) is 0 Å². The smallest absolute Gasteiger partial charge is 0.0962 e. The number of rotatable bonds is 4. The van der Waals surface area contributed by atoms with Gasteiger partial charge in [0.2, 0.25) is 0 Å². The molecule has 1 heterocycles. The van der Waals surface area contributed by atoms with Gasteiger partial charge in [0, 0.05) is 23.4 Å². The summed E-state index contributed by atoms with van der Waals surface area (Å²) in [6.45, 7) is 7.53. The quantitative estimate of drug-likeness (QED) is 0.818. The molecule has 3 heteroatoms. The van der Waals surface area contributed by atoms with E-state index in [4.69, 9.17) is 4.98 Å². The Labute approximate surface area is 115 Å². The van der Waals surface area contributed by atoms with Crippen LogP contribution in [0.5, 0.6) is 0 Å². The van der Waals surface area contributed by atoms with E-state index in [-0.39, 0.29) is 0 Å². The normalized spacial score (nSPS) is 18.2. The van der Waals surface area contributed by atoms with Crippen molar-refractivity contribution in [2.45, 2.75) is 77.8 Å². The summed E-state index contributed by atoms with van der Waals surface area (Å²) in [5.74, 6) is 0.740. The molecular formula is C15H26N2S. The largest absolute Gasteiger partial charge is 0.310 e. The Bertz CT molecular complexity index is 363. The summed E-state index contributed by atoms with van der Waals surface area (Å²) in [7, 11) is 0. The molecule has 1 fully saturated rings. The molecule has 1 aliphatic rings. The third-order valence-corrected chi connectivity index (χ3v) is 5.10. The van der Waals surface area contributed by atoms with Crippen LogP contribution in [-0.2, 0) is 6.54 Å². The summed E-state index contributed by atoms with van der Waals surface area (Å²) in [5.41, 5.74) is 1.24. The van der Waals surface area contributed by atoms with E-state index in [1.807, 2.05) is 11.3 Å². The van der Waals surface area contributed by atoms with Gasteiger partial charge in [0.05, 0.1) is 10.7 Å². The minimum atomic E-state index is 0.549. The lowest BCUT2D eigenvalue weighted by atomic mass is 10.0. The molecule has 0 saturated heterocycles. The van der Waals surface area contributed by atoms with Crippen molar-refractivity contribution in [3.05, 3.63) is 15.6 Å². The Balaban J connectivity index is 2.02. The minimum absolute atomic E-state index is 0.549. The van der Waals surface area contributed by atoms with E-state index in [9.17, 15) is 0 Å². The average molecular weight is 266 g/mol. The lowest BCUT2D eigenvalue weighted by Gasteiger charge is -2.09. The molecule has 0 spiro atoms. The third kappa shape index (κ3) is 3.79. The number of aryl methyl sites for hydroxylation is 1. The Morgan fingerprint density at radius 1 is 1.22 bits per heavy atom. The number of nitrogens with one attached hydrogen (secondary N) is 1. The van der Waals surface area contributed by atoms with Gasteiger partial charge in [-0.1, -0.05) is 39.5 Å². The molecular weight excluding hydrogens is 240 g/mol. The first-order valence-corrected chi connectivity index (χ1v) is 8.18. The van der Waals surface area contributed by atoms with E-state index in [0.717, 1.165) is 12.5 Å². The number of hydrogen-bond acceptors (Lipinski definition) is 3. The average Bonchev–Trinajstić information content (AvgIpc) is 2.55. The fourth-order valence-corrected chi connectivity index (χ4v) is 3.80. The van der Waals surface area contributed by atoms with Crippen molar-refractivity contribution in [2.75, 3.05) is 0 Å². The topological polar surface area (TPSA) is 24.9 Å².